The second-order valence-electron chi connectivity index (χ2n) is 6.14. The first-order valence-corrected chi connectivity index (χ1v) is 6.94. The van der Waals surface area contributed by atoms with Gasteiger partial charge in [-0.05, 0) is 17.4 Å². The normalized spacial score (nSPS) is 11.4. The zero-order valence-electron chi connectivity index (χ0n) is 12.4. The van der Waals surface area contributed by atoms with Crippen molar-refractivity contribution in [3.8, 4) is 0 Å². The van der Waals surface area contributed by atoms with E-state index in [-0.39, 0.29) is 11.3 Å². The molecule has 0 saturated heterocycles. The molecule has 3 nitrogen and oxygen atoms in total. The molecule has 0 aromatic heterocycles. The maximum absolute atomic E-state index is 12.2. The molecule has 0 aliphatic heterocycles. The summed E-state index contributed by atoms with van der Waals surface area (Å²) < 4.78 is 0. The van der Waals surface area contributed by atoms with Gasteiger partial charge in [-0.15, -0.1) is 0 Å². The van der Waals surface area contributed by atoms with Crippen LogP contribution < -0.4 is 5.73 Å². The highest BCUT2D eigenvalue weighted by Gasteiger charge is 2.20. The van der Waals surface area contributed by atoms with E-state index >= 15 is 0 Å². The summed E-state index contributed by atoms with van der Waals surface area (Å²) >= 11 is 0. The minimum atomic E-state index is 0.0245. The van der Waals surface area contributed by atoms with Gasteiger partial charge in [0, 0.05) is 26.1 Å². The van der Waals surface area contributed by atoms with Crippen molar-refractivity contribution in [2.45, 2.75) is 33.6 Å². The smallest absolute Gasteiger partial charge is 0.223 e. The van der Waals surface area contributed by atoms with Crippen LogP contribution in [0, 0.1) is 5.41 Å². The zero-order valence-corrected chi connectivity index (χ0v) is 12.4. The highest BCUT2D eigenvalue weighted by atomic mass is 16.2. The molecule has 0 heterocycles. The first kappa shape index (κ1) is 15.7. The third-order valence-corrected chi connectivity index (χ3v) is 2.95. The van der Waals surface area contributed by atoms with Crippen molar-refractivity contribution in [3.05, 3.63) is 35.9 Å². The lowest BCUT2D eigenvalue weighted by molar-refractivity contribution is -0.133. The Morgan fingerprint density at radius 3 is 2.32 bits per heavy atom. The molecule has 0 fully saturated rings. The fourth-order valence-electron chi connectivity index (χ4n) is 1.99. The monoisotopic (exact) mass is 262 g/mol. The maximum Gasteiger partial charge on any atom is 0.223 e. The Morgan fingerprint density at radius 2 is 1.79 bits per heavy atom. The molecule has 1 aromatic rings. The van der Waals surface area contributed by atoms with Crippen LogP contribution in [-0.2, 0) is 11.2 Å². The van der Waals surface area contributed by atoms with Crippen molar-refractivity contribution in [2.75, 3.05) is 19.6 Å². The molecule has 106 valence electrons. The van der Waals surface area contributed by atoms with E-state index in [1.54, 1.807) is 0 Å². The van der Waals surface area contributed by atoms with E-state index in [4.69, 9.17) is 5.73 Å². The van der Waals surface area contributed by atoms with E-state index in [0.29, 0.717) is 19.5 Å². The Bertz CT molecular complexity index is 381. The number of rotatable bonds is 6. The summed E-state index contributed by atoms with van der Waals surface area (Å²) in [6.07, 6.45) is 1.46. The Morgan fingerprint density at radius 1 is 1.16 bits per heavy atom. The van der Waals surface area contributed by atoms with E-state index in [1.807, 2.05) is 23.1 Å². The van der Waals surface area contributed by atoms with Crippen LogP contribution in [0.15, 0.2) is 30.3 Å². The van der Waals surface area contributed by atoms with Crippen LogP contribution in [0.5, 0.6) is 0 Å². The highest BCUT2D eigenvalue weighted by Crippen LogP contribution is 2.19. The quantitative estimate of drug-likeness (QED) is 0.856. The second-order valence-corrected chi connectivity index (χ2v) is 6.14. The molecule has 0 aliphatic carbocycles. The van der Waals surface area contributed by atoms with Crippen LogP contribution >= 0.6 is 0 Å². The van der Waals surface area contributed by atoms with Gasteiger partial charge in [0.25, 0.3) is 0 Å². The summed E-state index contributed by atoms with van der Waals surface area (Å²) in [5.74, 6) is 0.203. The summed E-state index contributed by atoms with van der Waals surface area (Å²) in [5, 5.41) is 0. The average Bonchev–Trinajstić information content (AvgIpc) is 2.33. The zero-order chi connectivity index (χ0) is 14.3. The first-order valence-electron chi connectivity index (χ1n) is 6.94. The van der Waals surface area contributed by atoms with Gasteiger partial charge < -0.3 is 10.6 Å². The van der Waals surface area contributed by atoms with E-state index in [1.165, 1.54) is 5.56 Å². The molecular formula is C16H26N2O. The van der Waals surface area contributed by atoms with Crippen molar-refractivity contribution < 1.29 is 4.79 Å². The fourth-order valence-corrected chi connectivity index (χ4v) is 1.99. The maximum atomic E-state index is 12.2. The van der Waals surface area contributed by atoms with Gasteiger partial charge in [0.05, 0.1) is 0 Å². The largest absolute Gasteiger partial charge is 0.341 e. The molecule has 0 spiro atoms. The minimum absolute atomic E-state index is 0.0245. The second kappa shape index (κ2) is 7.29. The molecule has 0 bridgehead atoms. The van der Waals surface area contributed by atoms with Crippen LogP contribution in [0.3, 0.4) is 0 Å². The van der Waals surface area contributed by atoms with E-state index < -0.39 is 0 Å². The van der Waals surface area contributed by atoms with Crippen molar-refractivity contribution >= 4 is 5.91 Å². The van der Waals surface area contributed by atoms with E-state index in [0.717, 1.165) is 13.0 Å². The lowest BCUT2D eigenvalue weighted by Gasteiger charge is -2.26. The standard InChI is InChI=1S/C16H26N2O/c1-16(2,3)13-15(19)18(12-10-17)11-9-14-7-5-4-6-8-14/h4-8H,9-13,17H2,1-3H3. The van der Waals surface area contributed by atoms with Crippen molar-refractivity contribution in [1.29, 1.82) is 0 Å². The Balaban J connectivity index is 2.55. The molecule has 0 radical (unpaired) electrons. The number of benzene rings is 1. The predicted octanol–water partition coefficient (Wildman–Crippen LogP) is 2.45. The lowest BCUT2D eigenvalue weighted by Crippen LogP contribution is -2.38. The van der Waals surface area contributed by atoms with Gasteiger partial charge in [-0.1, -0.05) is 51.1 Å². The summed E-state index contributed by atoms with van der Waals surface area (Å²) in [5.41, 5.74) is 6.89. The van der Waals surface area contributed by atoms with E-state index in [9.17, 15) is 4.79 Å². The van der Waals surface area contributed by atoms with Crippen LogP contribution in [-0.4, -0.2) is 30.4 Å². The van der Waals surface area contributed by atoms with Gasteiger partial charge >= 0.3 is 0 Å². The first-order chi connectivity index (χ1) is 8.92. The molecular weight excluding hydrogens is 236 g/mol. The molecule has 0 saturated carbocycles. The van der Waals surface area contributed by atoms with Crippen LogP contribution in [0.2, 0.25) is 0 Å². The summed E-state index contributed by atoms with van der Waals surface area (Å²) in [6.45, 7) is 8.16. The summed E-state index contributed by atoms with van der Waals surface area (Å²) in [7, 11) is 0. The van der Waals surface area contributed by atoms with Gasteiger partial charge in [-0.2, -0.15) is 0 Å². The Kier molecular flexibility index (Phi) is 6.03. The van der Waals surface area contributed by atoms with Gasteiger partial charge in [0.1, 0.15) is 0 Å². The predicted molar refractivity (Wildman–Crippen MR) is 79.9 cm³/mol. The number of hydrogen-bond acceptors (Lipinski definition) is 2. The SMILES string of the molecule is CC(C)(C)CC(=O)N(CCN)CCc1ccccc1. The summed E-state index contributed by atoms with van der Waals surface area (Å²) in [6, 6.07) is 10.2. The van der Waals surface area contributed by atoms with Crippen molar-refractivity contribution in [3.63, 3.8) is 0 Å². The molecule has 0 unspecified atom stereocenters. The third kappa shape index (κ3) is 6.39. The van der Waals surface area contributed by atoms with Crippen LogP contribution in [0.25, 0.3) is 0 Å². The van der Waals surface area contributed by atoms with Crippen molar-refractivity contribution in [2.24, 2.45) is 11.1 Å². The molecule has 1 rings (SSSR count). The van der Waals surface area contributed by atoms with Gasteiger partial charge in [0.2, 0.25) is 5.91 Å². The number of amides is 1. The Labute approximate surface area is 116 Å². The molecule has 0 aliphatic rings. The highest BCUT2D eigenvalue weighted by molar-refractivity contribution is 5.76. The topological polar surface area (TPSA) is 46.3 Å². The fraction of sp³-hybridized carbons (Fsp3) is 0.562. The third-order valence-electron chi connectivity index (χ3n) is 2.95. The number of nitrogens with zero attached hydrogens (tertiary/aromatic N) is 1. The number of carbonyl (C=O) groups is 1. The molecule has 0 atom stereocenters. The summed E-state index contributed by atoms with van der Waals surface area (Å²) in [4.78, 5) is 14.1. The lowest BCUT2D eigenvalue weighted by atomic mass is 9.91. The molecule has 19 heavy (non-hydrogen) atoms. The molecule has 1 aromatic carbocycles. The van der Waals surface area contributed by atoms with Gasteiger partial charge in [-0.25, -0.2) is 0 Å². The molecule has 3 heteroatoms. The van der Waals surface area contributed by atoms with Crippen LogP contribution in [0.1, 0.15) is 32.8 Å². The van der Waals surface area contributed by atoms with Crippen molar-refractivity contribution in [1.82, 2.24) is 4.90 Å². The molecule has 1 amide bonds. The Hall–Kier alpha value is -1.35. The van der Waals surface area contributed by atoms with Gasteiger partial charge in [-0.3, -0.25) is 4.79 Å². The van der Waals surface area contributed by atoms with E-state index in [2.05, 4.69) is 32.9 Å². The average molecular weight is 262 g/mol. The number of carbonyl (C=O) groups excluding carboxylic acids is 1. The number of nitrogens with two attached hydrogens (primary N) is 1. The minimum Gasteiger partial charge on any atom is -0.341 e. The molecule has 2 N–H and O–H groups in total. The number of hydrogen-bond donors (Lipinski definition) is 1. The van der Waals surface area contributed by atoms with Crippen LogP contribution in [0.4, 0.5) is 0 Å². The van der Waals surface area contributed by atoms with Gasteiger partial charge in [0.15, 0.2) is 0 Å².